The van der Waals surface area contributed by atoms with Crippen molar-refractivity contribution < 1.29 is 0 Å². The topological polar surface area (TPSA) is 49.9 Å². The van der Waals surface area contributed by atoms with Crippen LogP contribution in [-0.2, 0) is 5.75 Å². The van der Waals surface area contributed by atoms with Gasteiger partial charge in [-0.2, -0.15) is 0 Å². The van der Waals surface area contributed by atoms with Gasteiger partial charge in [0.05, 0.1) is 0 Å². The minimum atomic E-state index is 0.126. The van der Waals surface area contributed by atoms with Crippen LogP contribution >= 0.6 is 11.8 Å². The third kappa shape index (κ3) is 3.42. The highest BCUT2D eigenvalue weighted by Gasteiger charge is 2.04. The molecular weight excluding hydrogens is 264 g/mol. The van der Waals surface area contributed by atoms with Gasteiger partial charge in [0.25, 0.3) is 0 Å². The average Bonchev–Trinajstić information content (AvgIpc) is 2.41. The molecule has 2 rings (SSSR count). The Morgan fingerprint density at radius 3 is 2.35 bits per heavy atom. The Hall–Kier alpha value is -1.74. The van der Waals surface area contributed by atoms with Gasteiger partial charge in [-0.1, -0.05) is 18.2 Å². The standard InChI is InChI=1S/C17H20N2S/c1-11-4-7-16(9-12(11)2)20-10-15-6-5-14(17(18)19)8-13(15)3/h4-9H,10H2,1-3H3,(H3,18,19). The molecule has 0 saturated carbocycles. The van der Waals surface area contributed by atoms with Gasteiger partial charge in [0.2, 0.25) is 0 Å². The van der Waals surface area contributed by atoms with E-state index in [0.717, 1.165) is 11.3 Å². The summed E-state index contributed by atoms with van der Waals surface area (Å²) in [6.45, 7) is 6.35. The van der Waals surface area contributed by atoms with E-state index in [0.29, 0.717) is 0 Å². The maximum absolute atomic E-state index is 7.46. The fourth-order valence-electron chi connectivity index (χ4n) is 1.99. The maximum Gasteiger partial charge on any atom is 0.122 e. The van der Waals surface area contributed by atoms with E-state index in [2.05, 4.69) is 45.0 Å². The third-order valence-electron chi connectivity index (χ3n) is 3.53. The van der Waals surface area contributed by atoms with Crippen molar-refractivity contribution in [3.8, 4) is 0 Å². The summed E-state index contributed by atoms with van der Waals surface area (Å²) in [4.78, 5) is 1.29. The summed E-state index contributed by atoms with van der Waals surface area (Å²) in [6, 6.07) is 12.6. The van der Waals surface area contributed by atoms with Crippen LogP contribution in [0.3, 0.4) is 0 Å². The first-order valence-corrected chi connectivity index (χ1v) is 7.60. The van der Waals surface area contributed by atoms with E-state index in [4.69, 9.17) is 11.1 Å². The normalized spacial score (nSPS) is 10.6. The second-order valence-electron chi connectivity index (χ2n) is 5.09. The van der Waals surface area contributed by atoms with Crippen LogP contribution in [0.15, 0.2) is 41.3 Å². The molecule has 0 saturated heterocycles. The predicted molar refractivity (Wildman–Crippen MR) is 87.7 cm³/mol. The highest BCUT2D eigenvalue weighted by molar-refractivity contribution is 7.98. The molecule has 0 amide bonds. The summed E-state index contributed by atoms with van der Waals surface area (Å²) in [5.41, 5.74) is 11.4. The third-order valence-corrected chi connectivity index (χ3v) is 4.57. The number of benzene rings is 2. The molecule has 3 N–H and O–H groups in total. The molecule has 0 unspecified atom stereocenters. The van der Waals surface area contributed by atoms with Gasteiger partial charge in [0, 0.05) is 16.2 Å². The van der Waals surface area contributed by atoms with Gasteiger partial charge in [-0.3, -0.25) is 5.41 Å². The molecule has 0 heterocycles. The number of nitrogen functional groups attached to an aromatic ring is 1. The lowest BCUT2D eigenvalue weighted by Crippen LogP contribution is -2.11. The fraction of sp³-hybridized carbons (Fsp3) is 0.235. The first kappa shape index (κ1) is 14.7. The van der Waals surface area contributed by atoms with Crippen LogP contribution in [0.2, 0.25) is 0 Å². The van der Waals surface area contributed by atoms with Crippen LogP contribution in [0.4, 0.5) is 0 Å². The lowest BCUT2D eigenvalue weighted by Gasteiger charge is -2.09. The van der Waals surface area contributed by atoms with Crippen molar-refractivity contribution in [3.63, 3.8) is 0 Å². The van der Waals surface area contributed by atoms with E-state index in [1.807, 2.05) is 23.9 Å². The molecule has 2 nitrogen and oxygen atoms in total. The Bertz CT molecular complexity index is 647. The number of rotatable bonds is 4. The zero-order chi connectivity index (χ0) is 14.7. The van der Waals surface area contributed by atoms with E-state index < -0.39 is 0 Å². The molecule has 0 aliphatic rings. The first-order chi connectivity index (χ1) is 9.47. The Morgan fingerprint density at radius 2 is 1.75 bits per heavy atom. The van der Waals surface area contributed by atoms with Gasteiger partial charge >= 0.3 is 0 Å². The quantitative estimate of drug-likeness (QED) is 0.502. The van der Waals surface area contributed by atoms with Crippen molar-refractivity contribution in [2.45, 2.75) is 31.4 Å². The minimum absolute atomic E-state index is 0.126. The van der Waals surface area contributed by atoms with Crippen molar-refractivity contribution in [2.75, 3.05) is 0 Å². The summed E-state index contributed by atoms with van der Waals surface area (Å²) in [5.74, 6) is 1.06. The number of thioether (sulfide) groups is 1. The zero-order valence-corrected chi connectivity index (χ0v) is 13.0. The molecule has 0 atom stereocenters. The van der Waals surface area contributed by atoms with Crippen molar-refractivity contribution in [3.05, 3.63) is 64.2 Å². The highest BCUT2D eigenvalue weighted by atomic mass is 32.2. The maximum atomic E-state index is 7.46. The molecule has 0 aliphatic carbocycles. The summed E-state index contributed by atoms with van der Waals surface area (Å²) in [5, 5.41) is 7.46. The number of amidine groups is 1. The van der Waals surface area contributed by atoms with Gasteiger partial charge in [-0.25, -0.2) is 0 Å². The molecular formula is C17H20N2S. The van der Waals surface area contributed by atoms with Crippen molar-refractivity contribution in [1.29, 1.82) is 5.41 Å². The number of nitrogens with two attached hydrogens (primary N) is 1. The van der Waals surface area contributed by atoms with E-state index in [1.54, 1.807) is 0 Å². The molecule has 0 aromatic heterocycles. The molecule has 2 aromatic rings. The smallest absolute Gasteiger partial charge is 0.122 e. The van der Waals surface area contributed by atoms with Crippen LogP contribution < -0.4 is 5.73 Å². The molecule has 0 radical (unpaired) electrons. The van der Waals surface area contributed by atoms with Gasteiger partial charge in [-0.05, 0) is 61.2 Å². The van der Waals surface area contributed by atoms with Crippen LogP contribution in [0.25, 0.3) is 0 Å². The van der Waals surface area contributed by atoms with Crippen LogP contribution in [0, 0.1) is 26.2 Å². The summed E-state index contributed by atoms with van der Waals surface area (Å²) >= 11 is 1.84. The largest absolute Gasteiger partial charge is 0.384 e. The number of aryl methyl sites for hydroxylation is 3. The monoisotopic (exact) mass is 284 g/mol. The summed E-state index contributed by atoms with van der Waals surface area (Å²) in [7, 11) is 0. The SMILES string of the molecule is Cc1ccc(SCc2ccc(C(=N)N)cc2C)cc1C. The molecule has 0 aliphatic heterocycles. The molecule has 0 fully saturated rings. The lowest BCUT2D eigenvalue weighted by atomic mass is 10.1. The Balaban J connectivity index is 2.10. The molecule has 0 spiro atoms. The van der Waals surface area contributed by atoms with Crippen molar-refractivity contribution in [1.82, 2.24) is 0 Å². The van der Waals surface area contributed by atoms with Crippen LogP contribution in [0.5, 0.6) is 0 Å². The first-order valence-electron chi connectivity index (χ1n) is 6.61. The number of hydrogen-bond acceptors (Lipinski definition) is 2. The zero-order valence-electron chi connectivity index (χ0n) is 12.2. The van der Waals surface area contributed by atoms with Gasteiger partial charge in [0.15, 0.2) is 0 Å². The van der Waals surface area contributed by atoms with E-state index in [1.165, 1.54) is 27.1 Å². The second-order valence-corrected chi connectivity index (χ2v) is 6.14. The Kier molecular flexibility index (Phi) is 4.50. The molecule has 3 heteroatoms. The number of nitrogens with one attached hydrogen (secondary N) is 1. The van der Waals surface area contributed by atoms with Crippen molar-refractivity contribution >= 4 is 17.6 Å². The predicted octanol–water partition coefficient (Wildman–Crippen LogP) is 4.19. The summed E-state index contributed by atoms with van der Waals surface area (Å²) < 4.78 is 0. The van der Waals surface area contributed by atoms with Crippen LogP contribution in [-0.4, -0.2) is 5.84 Å². The number of hydrogen-bond donors (Lipinski definition) is 2. The highest BCUT2D eigenvalue weighted by Crippen LogP contribution is 2.26. The molecule has 2 aromatic carbocycles. The minimum Gasteiger partial charge on any atom is -0.384 e. The van der Waals surface area contributed by atoms with E-state index in [-0.39, 0.29) is 5.84 Å². The Morgan fingerprint density at radius 1 is 1.00 bits per heavy atom. The second kappa shape index (κ2) is 6.14. The van der Waals surface area contributed by atoms with Gasteiger partial charge in [0.1, 0.15) is 5.84 Å². The average molecular weight is 284 g/mol. The molecule has 0 bridgehead atoms. The fourth-order valence-corrected chi connectivity index (χ4v) is 3.06. The lowest BCUT2D eigenvalue weighted by molar-refractivity contribution is 1.26. The van der Waals surface area contributed by atoms with Crippen LogP contribution in [0.1, 0.15) is 27.8 Å². The van der Waals surface area contributed by atoms with Gasteiger partial charge in [-0.15, -0.1) is 11.8 Å². The molecule has 20 heavy (non-hydrogen) atoms. The Labute approximate surface area is 124 Å². The van der Waals surface area contributed by atoms with Gasteiger partial charge < -0.3 is 5.73 Å². The van der Waals surface area contributed by atoms with E-state index >= 15 is 0 Å². The van der Waals surface area contributed by atoms with E-state index in [9.17, 15) is 0 Å². The van der Waals surface area contributed by atoms with Crippen molar-refractivity contribution in [2.24, 2.45) is 5.73 Å². The summed E-state index contributed by atoms with van der Waals surface area (Å²) in [6.07, 6.45) is 0. The molecule has 104 valence electrons.